The molecule has 0 bridgehead atoms. The van der Waals surface area contributed by atoms with Gasteiger partial charge < -0.3 is 28.4 Å². The Morgan fingerprint density at radius 3 is 2.26 bits per heavy atom. The molecule has 1 aromatic carbocycles. The lowest BCUT2D eigenvalue weighted by molar-refractivity contribution is -0.257. The van der Waals surface area contributed by atoms with Crippen molar-refractivity contribution in [1.82, 2.24) is 0 Å². The summed E-state index contributed by atoms with van der Waals surface area (Å²) in [6.45, 7) is 4.99. The van der Waals surface area contributed by atoms with Gasteiger partial charge in [0.1, 0.15) is 18.8 Å². The molecule has 0 amide bonds. The van der Waals surface area contributed by atoms with Gasteiger partial charge in [0.15, 0.2) is 6.10 Å². The van der Waals surface area contributed by atoms with Crippen molar-refractivity contribution in [2.45, 2.75) is 58.7 Å². The second-order valence-corrected chi connectivity index (χ2v) is 7.64. The average molecular weight is 499 g/mol. The highest BCUT2D eigenvalue weighted by atomic mass is 35.5. The Labute approximate surface area is 202 Å². The fourth-order valence-corrected chi connectivity index (χ4v) is 3.38. The van der Waals surface area contributed by atoms with Crippen LogP contribution in [0.3, 0.4) is 0 Å². The summed E-state index contributed by atoms with van der Waals surface area (Å²) < 4.78 is 32.3. The van der Waals surface area contributed by atoms with Gasteiger partial charge >= 0.3 is 23.9 Å². The quantitative estimate of drug-likeness (QED) is 0.217. The molecular formula is C23H27ClO10. The standard InChI is InChI=1S/C23H27ClO10/c1-5-29-23(28)19(10-16-8-6-7-9-17(16)24)33-21-11-18(31-14(3)26)22(32-15(4)27)20(34-21)12-30-13(2)25/h6-10,18,20-22H,5,11-12H2,1-4H3/b19-10-. The summed E-state index contributed by atoms with van der Waals surface area (Å²) in [7, 11) is 0. The minimum atomic E-state index is -1.14. The summed E-state index contributed by atoms with van der Waals surface area (Å²) in [4.78, 5) is 47.2. The maximum Gasteiger partial charge on any atom is 0.373 e. The number of ether oxygens (including phenoxy) is 6. The Bertz CT molecular complexity index is 928. The van der Waals surface area contributed by atoms with Crippen LogP contribution < -0.4 is 0 Å². The molecule has 10 nitrogen and oxygen atoms in total. The molecule has 34 heavy (non-hydrogen) atoms. The van der Waals surface area contributed by atoms with Crippen LogP contribution in [-0.2, 0) is 47.6 Å². The highest BCUT2D eigenvalue weighted by Gasteiger charge is 2.45. The number of halogens is 1. The van der Waals surface area contributed by atoms with Crippen molar-refractivity contribution >= 4 is 41.6 Å². The number of carbonyl (C=O) groups excluding carboxylic acids is 4. The molecule has 186 valence electrons. The van der Waals surface area contributed by atoms with E-state index in [1.165, 1.54) is 26.8 Å². The Balaban J connectivity index is 2.36. The van der Waals surface area contributed by atoms with E-state index in [0.717, 1.165) is 0 Å². The average Bonchev–Trinajstić information content (AvgIpc) is 2.74. The van der Waals surface area contributed by atoms with Crippen molar-refractivity contribution in [3.8, 4) is 0 Å². The zero-order valence-electron chi connectivity index (χ0n) is 19.3. The summed E-state index contributed by atoms with van der Waals surface area (Å²) in [5.74, 6) is -2.86. The molecule has 1 saturated heterocycles. The van der Waals surface area contributed by atoms with Crippen LogP contribution in [0.1, 0.15) is 39.7 Å². The van der Waals surface area contributed by atoms with E-state index in [0.29, 0.717) is 10.6 Å². The van der Waals surface area contributed by atoms with Gasteiger partial charge in [0, 0.05) is 25.8 Å². The van der Waals surface area contributed by atoms with Crippen LogP contribution in [-0.4, -0.2) is 61.7 Å². The number of carbonyl (C=O) groups is 4. The second-order valence-electron chi connectivity index (χ2n) is 7.23. The second kappa shape index (κ2) is 13.0. The Morgan fingerprint density at radius 1 is 1.00 bits per heavy atom. The highest BCUT2D eigenvalue weighted by Crippen LogP contribution is 2.29. The van der Waals surface area contributed by atoms with Crippen LogP contribution in [0.5, 0.6) is 0 Å². The first-order chi connectivity index (χ1) is 16.1. The van der Waals surface area contributed by atoms with Crippen LogP contribution in [0.2, 0.25) is 5.02 Å². The van der Waals surface area contributed by atoms with Gasteiger partial charge in [-0.25, -0.2) is 4.79 Å². The summed E-state index contributed by atoms with van der Waals surface area (Å²) in [5.41, 5.74) is 0.494. The molecule has 11 heteroatoms. The Hall–Kier alpha value is -3.11. The zero-order chi connectivity index (χ0) is 25.3. The van der Waals surface area contributed by atoms with Crippen molar-refractivity contribution in [3.63, 3.8) is 0 Å². The number of hydrogen-bond acceptors (Lipinski definition) is 10. The van der Waals surface area contributed by atoms with Gasteiger partial charge in [0.05, 0.1) is 13.0 Å². The highest BCUT2D eigenvalue weighted by molar-refractivity contribution is 6.32. The van der Waals surface area contributed by atoms with Gasteiger partial charge in [0.2, 0.25) is 12.0 Å². The van der Waals surface area contributed by atoms with E-state index in [-0.39, 0.29) is 25.4 Å². The van der Waals surface area contributed by atoms with Gasteiger partial charge in [-0.15, -0.1) is 0 Å². The fraction of sp³-hybridized carbons (Fsp3) is 0.478. The molecule has 4 atom stereocenters. The molecule has 0 spiro atoms. The van der Waals surface area contributed by atoms with E-state index in [1.807, 2.05) is 0 Å². The first-order valence-electron chi connectivity index (χ1n) is 10.5. The topological polar surface area (TPSA) is 124 Å². The van der Waals surface area contributed by atoms with Crippen LogP contribution >= 0.6 is 11.6 Å². The lowest BCUT2D eigenvalue weighted by Crippen LogP contribution is -2.54. The monoisotopic (exact) mass is 498 g/mol. The Morgan fingerprint density at radius 2 is 1.68 bits per heavy atom. The molecule has 0 N–H and O–H groups in total. The molecule has 0 radical (unpaired) electrons. The van der Waals surface area contributed by atoms with E-state index in [9.17, 15) is 19.2 Å². The van der Waals surface area contributed by atoms with Crippen molar-refractivity contribution in [2.75, 3.05) is 13.2 Å². The summed E-state index contributed by atoms with van der Waals surface area (Å²) in [6.07, 6.45) is -2.95. The molecule has 2 rings (SSSR count). The van der Waals surface area contributed by atoms with Gasteiger partial charge in [0.25, 0.3) is 0 Å². The number of hydrogen-bond donors (Lipinski definition) is 0. The van der Waals surface area contributed by atoms with Crippen LogP contribution in [0, 0.1) is 0 Å². The summed E-state index contributed by atoms with van der Waals surface area (Å²) >= 11 is 6.20. The van der Waals surface area contributed by atoms with E-state index >= 15 is 0 Å². The fourth-order valence-electron chi connectivity index (χ4n) is 3.19. The van der Waals surface area contributed by atoms with Crippen LogP contribution in [0.4, 0.5) is 0 Å². The van der Waals surface area contributed by atoms with Crippen molar-refractivity contribution in [1.29, 1.82) is 0 Å². The lowest BCUT2D eigenvalue weighted by atomic mass is 10.0. The van der Waals surface area contributed by atoms with Crippen LogP contribution in [0.15, 0.2) is 30.0 Å². The minimum Gasteiger partial charge on any atom is -0.463 e. The van der Waals surface area contributed by atoms with Gasteiger partial charge in [-0.2, -0.15) is 0 Å². The smallest absolute Gasteiger partial charge is 0.373 e. The van der Waals surface area contributed by atoms with E-state index in [1.54, 1.807) is 31.2 Å². The van der Waals surface area contributed by atoms with Crippen molar-refractivity contribution in [3.05, 3.63) is 40.6 Å². The lowest BCUT2D eigenvalue weighted by Gasteiger charge is -2.39. The number of benzene rings is 1. The number of esters is 4. The molecule has 1 aliphatic rings. The molecule has 4 unspecified atom stereocenters. The van der Waals surface area contributed by atoms with Gasteiger partial charge in [-0.3, -0.25) is 14.4 Å². The third-order valence-corrected chi connectivity index (χ3v) is 4.83. The largest absolute Gasteiger partial charge is 0.463 e. The number of rotatable bonds is 9. The van der Waals surface area contributed by atoms with E-state index in [4.69, 9.17) is 40.0 Å². The minimum absolute atomic E-state index is 0.0899. The molecule has 0 saturated carbocycles. The molecule has 1 aliphatic heterocycles. The Kier molecular flexibility index (Phi) is 10.3. The van der Waals surface area contributed by atoms with Gasteiger partial charge in [-0.1, -0.05) is 29.8 Å². The normalized spacial score (nSPS) is 22.3. The first kappa shape index (κ1) is 27.1. The molecule has 1 aromatic rings. The molecular weight excluding hydrogens is 472 g/mol. The van der Waals surface area contributed by atoms with E-state index < -0.39 is 48.5 Å². The van der Waals surface area contributed by atoms with Gasteiger partial charge in [-0.05, 0) is 24.6 Å². The first-order valence-corrected chi connectivity index (χ1v) is 10.9. The van der Waals surface area contributed by atoms with E-state index in [2.05, 4.69) is 0 Å². The maximum absolute atomic E-state index is 12.6. The van der Waals surface area contributed by atoms with Crippen molar-refractivity contribution in [2.24, 2.45) is 0 Å². The molecule has 0 aliphatic carbocycles. The van der Waals surface area contributed by atoms with Crippen molar-refractivity contribution < 1.29 is 47.6 Å². The third-order valence-electron chi connectivity index (χ3n) is 4.48. The zero-order valence-corrected chi connectivity index (χ0v) is 20.0. The predicted octanol–water partition coefficient (Wildman–Crippen LogP) is 2.80. The maximum atomic E-state index is 12.6. The SMILES string of the molecule is CCOC(=O)/C(=C/c1ccccc1Cl)OC1CC(OC(C)=O)C(OC(C)=O)C(COC(C)=O)O1. The predicted molar refractivity (Wildman–Crippen MR) is 118 cm³/mol. The third kappa shape index (κ3) is 8.35. The summed E-state index contributed by atoms with van der Waals surface area (Å²) in [6, 6.07) is 6.78. The molecule has 1 heterocycles. The summed E-state index contributed by atoms with van der Waals surface area (Å²) in [5, 5.41) is 0.373. The molecule has 1 fully saturated rings. The van der Waals surface area contributed by atoms with Crippen LogP contribution in [0.25, 0.3) is 6.08 Å². The molecule has 0 aromatic heterocycles.